The molecule has 0 bridgehead atoms. The molecule has 88 valence electrons. The number of hydrogen-bond acceptors (Lipinski definition) is 6. The number of aliphatic hydroxyl groups excluding tert-OH is 4. The van der Waals surface area contributed by atoms with E-state index in [0.717, 1.165) is 0 Å². The monoisotopic (exact) mass is 220 g/mol. The van der Waals surface area contributed by atoms with Crippen LogP contribution in [0.5, 0.6) is 0 Å². The van der Waals surface area contributed by atoms with Crippen molar-refractivity contribution in [2.45, 2.75) is 30.7 Å². The van der Waals surface area contributed by atoms with E-state index in [0.29, 0.717) is 0 Å². The van der Waals surface area contributed by atoms with Crippen molar-refractivity contribution in [3.8, 4) is 0 Å². The van der Waals surface area contributed by atoms with Crippen LogP contribution in [0.3, 0.4) is 0 Å². The normalized spacial score (nSPS) is 41.5. The third-order valence-electron chi connectivity index (χ3n) is 2.23. The third kappa shape index (κ3) is 2.75. The first kappa shape index (κ1) is 12.6. The highest BCUT2D eigenvalue weighted by Crippen LogP contribution is 2.21. The zero-order chi connectivity index (χ0) is 11.4. The fraction of sp³-hybridized carbons (Fsp3) is 0.778. The van der Waals surface area contributed by atoms with Gasteiger partial charge in [0.15, 0.2) is 6.29 Å². The Morgan fingerprint density at radius 1 is 1.20 bits per heavy atom. The molecule has 1 rings (SSSR count). The van der Waals surface area contributed by atoms with Crippen molar-refractivity contribution in [1.82, 2.24) is 0 Å². The molecule has 1 aliphatic rings. The van der Waals surface area contributed by atoms with Crippen LogP contribution in [0.1, 0.15) is 0 Å². The summed E-state index contributed by atoms with van der Waals surface area (Å²) in [6, 6.07) is 0. The fourth-order valence-corrected chi connectivity index (χ4v) is 1.37. The molecule has 0 aromatic rings. The van der Waals surface area contributed by atoms with E-state index in [4.69, 9.17) is 14.6 Å². The maximum atomic E-state index is 9.47. The number of hydrogen-bond donors (Lipinski definition) is 4. The number of ether oxygens (including phenoxy) is 2. The summed E-state index contributed by atoms with van der Waals surface area (Å²) in [4.78, 5) is 0. The van der Waals surface area contributed by atoms with Gasteiger partial charge in [-0.05, 0) is 0 Å². The zero-order valence-corrected chi connectivity index (χ0v) is 8.19. The average Bonchev–Trinajstić information content (AvgIpc) is 2.25. The van der Waals surface area contributed by atoms with E-state index in [1.165, 1.54) is 6.08 Å². The van der Waals surface area contributed by atoms with E-state index in [1.807, 2.05) is 0 Å². The second-order valence-electron chi connectivity index (χ2n) is 3.32. The predicted octanol–water partition coefficient (Wildman–Crippen LogP) is -2.01. The molecule has 0 spiro atoms. The first-order valence-electron chi connectivity index (χ1n) is 4.64. The quantitative estimate of drug-likeness (QED) is 0.408. The first-order chi connectivity index (χ1) is 7.11. The van der Waals surface area contributed by atoms with Crippen molar-refractivity contribution in [2.24, 2.45) is 0 Å². The minimum atomic E-state index is -1.40. The Labute approximate surface area is 87.4 Å². The van der Waals surface area contributed by atoms with Gasteiger partial charge in [0, 0.05) is 0 Å². The van der Waals surface area contributed by atoms with Crippen LogP contribution in [-0.4, -0.2) is 64.3 Å². The van der Waals surface area contributed by atoms with Gasteiger partial charge in [-0.25, -0.2) is 0 Å². The van der Waals surface area contributed by atoms with Gasteiger partial charge >= 0.3 is 0 Å². The van der Waals surface area contributed by atoms with Gasteiger partial charge in [0.1, 0.15) is 24.4 Å². The van der Waals surface area contributed by atoms with E-state index < -0.39 is 37.3 Å². The lowest BCUT2D eigenvalue weighted by atomic mass is 9.99. The van der Waals surface area contributed by atoms with Crippen LogP contribution in [0.2, 0.25) is 0 Å². The van der Waals surface area contributed by atoms with Crippen molar-refractivity contribution in [3.05, 3.63) is 12.7 Å². The second kappa shape index (κ2) is 5.55. The van der Waals surface area contributed by atoms with Crippen LogP contribution in [-0.2, 0) is 9.47 Å². The molecule has 0 radical (unpaired) electrons. The lowest BCUT2D eigenvalue weighted by Crippen LogP contribution is -2.59. The Morgan fingerprint density at radius 2 is 1.87 bits per heavy atom. The van der Waals surface area contributed by atoms with Gasteiger partial charge < -0.3 is 29.9 Å². The fourth-order valence-electron chi connectivity index (χ4n) is 1.37. The molecule has 6 nitrogen and oxygen atoms in total. The third-order valence-corrected chi connectivity index (χ3v) is 2.23. The second-order valence-corrected chi connectivity index (χ2v) is 3.32. The summed E-state index contributed by atoms with van der Waals surface area (Å²) >= 11 is 0. The summed E-state index contributed by atoms with van der Waals surface area (Å²) < 4.78 is 10.1. The molecular formula is C9H16O6. The molecule has 1 aliphatic heterocycles. The number of rotatable bonds is 4. The molecule has 5 atom stereocenters. The Kier molecular flexibility index (Phi) is 4.65. The average molecular weight is 220 g/mol. The van der Waals surface area contributed by atoms with Gasteiger partial charge in [-0.3, -0.25) is 0 Å². The zero-order valence-electron chi connectivity index (χ0n) is 8.19. The van der Waals surface area contributed by atoms with Crippen LogP contribution in [0.25, 0.3) is 0 Å². The van der Waals surface area contributed by atoms with E-state index in [-0.39, 0.29) is 6.61 Å². The van der Waals surface area contributed by atoms with E-state index in [2.05, 4.69) is 6.58 Å². The predicted molar refractivity (Wildman–Crippen MR) is 49.9 cm³/mol. The largest absolute Gasteiger partial charge is 0.394 e. The van der Waals surface area contributed by atoms with Crippen LogP contribution < -0.4 is 0 Å². The van der Waals surface area contributed by atoms with Gasteiger partial charge in [-0.1, -0.05) is 6.08 Å². The van der Waals surface area contributed by atoms with Crippen LogP contribution >= 0.6 is 0 Å². The lowest BCUT2D eigenvalue weighted by Gasteiger charge is -2.39. The molecule has 4 N–H and O–H groups in total. The van der Waals surface area contributed by atoms with Crippen molar-refractivity contribution in [1.29, 1.82) is 0 Å². The van der Waals surface area contributed by atoms with Crippen molar-refractivity contribution in [2.75, 3.05) is 13.2 Å². The summed E-state index contributed by atoms with van der Waals surface area (Å²) in [5.74, 6) is 0. The standard InChI is InChI=1S/C9H16O6/c1-2-3-14-9-8(13)7(12)6(11)5(4-10)15-9/h2,5-13H,1,3-4H2/t5?,6-,7?,8-,9-/m0/s1. The molecule has 0 amide bonds. The number of aliphatic hydroxyl groups is 4. The molecule has 15 heavy (non-hydrogen) atoms. The Hall–Kier alpha value is -0.500. The highest BCUT2D eigenvalue weighted by molar-refractivity contribution is 4.89. The topological polar surface area (TPSA) is 99.4 Å². The minimum Gasteiger partial charge on any atom is -0.394 e. The summed E-state index contributed by atoms with van der Waals surface area (Å²) in [5, 5.41) is 37.1. The van der Waals surface area contributed by atoms with Gasteiger partial charge in [0.25, 0.3) is 0 Å². The van der Waals surface area contributed by atoms with Gasteiger partial charge in [0.05, 0.1) is 13.2 Å². The SMILES string of the molecule is C=CCO[C@H]1OC(CO)[C@H](O)C(O)[C@@H]1O. The summed E-state index contributed by atoms with van der Waals surface area (Å²) in [7, 11) is 0. The molecular weight excluding hydrogens is 204 g/mol. The smallest absolute Gasteiger partial charge is 0.187 e. The van der Waals surface area contributed by atoms with Gasteiger partial charge in [-0.2, -0.15) is 0 Å². The van der Waals surface area contributed by atoms with E-state index in [9.17, 15) is 15.3 Å². The Balaban J connectivity index is 2.60. The molecule has 1 fully saturated rings. The molecule has 1 saturated heterocycles. The summed E-state index contributed by atoms with van der Waals surface area (Å²) in [6.07, 6.45) is -4.64. The maximum Gasteiger partial charge on any atom is 0.187 e. The molecule has 0 aromatic carbocycles. The maximum absolute atomic E-state index is 9.47. The highest BCUT2D eigenvalue weighted by atomic mass is 16.7. The van der Waals surface area contributed by atoms with Crippen molar-refractivity contribution < 1.29 is 29.9 Å². The lowest BCUT2D eigenvalue weighted by molar-refractivity contribution is -0.298. The van der Waals surface area contributed by atoms with E-state index >= 15 is 0 Å². The van der Waals surface area contributed by atoms with Crippen molar-refractivity contribution >= 4 is 0 Å². The molecule has 0 saturated carbocycles. The first-order valence-corrected chi connectivity index (χ1v) is 4.64. The Bertz CT molecular complexity index is 207. The molecule has 0 aliphatic carbocycles. The molecule has 1 heterocycles. The molecule has 6 heteroatoms. The van der Waals surface area contributed by atoms with Crippen LogP contribution in [0.15, 0.2) is 12.7 Å². The molecule has 2 unspecified atom stereocenters. The van der Waals surface area contributed by atoms with Crippen LogP contribution in [0.4, 0.5) is 0 Å². The van der Waals surface area contributed by atoms with Gasteiger partial charge in [-0.15, -0.1) is 6.58 Å². The van der Waals surface area contributed by atoms with Gasteiger partial charge in [0.2, 0.25) is 0 Å². The minimum absolute atomic E-state index is 0.142. The van der Waals surface area contributed by atoms with Crippen LogP contribution in [0, 0.1) is 0 Å². The molecule has 0 aromatic heterocycles. The summed E-state index contributed by atoms with van der Waals surface area (Å²) in [5.41, 5.74) is 0. The highest BCUT2D eigenvalue weighted by Gasteiger charge is 2.43. The van der Waals surface area contributed by atoms with Crippen molar-refractivity contribution in [3.63, 3.8) is 0 Å². The van der Waals surface area contributed by atoms with E-state index in [1.54, 1.807) is 0 Å². The summed E-state index contributed by atoms with van der Waals surface area (Å²) in [6.45, 7) is 3.10. The Morgan fingerprint density at radius 3 is 2.40 bits per heavy atom.